The molecule has 0 bridgehead atoms. The fraction of sp³-hybridized carbons (Fsp3) is 0.778. The van der Waals surface area contributed by atoms with E-state index in [9.17, 15) is 0 Å². The summed E-state index contributed by atoms with van der Waals surface area (Å²) in [5, 5.41) is 7.98. The van der Waals surface area contributed by atoms with E-state index in [1.165, 1.54) is 35.7 Å². The quantitative estimate of drug-likeness (QED) is 0.342. The molecule has 0 radical (unpaired) electrons. The van der Waals surface area contributed by atoms with Crippen molar-refractivity contribution in [3.63, 3.8) is 0 Å². The first kappa shape index (κ1) is 22.6. The third-order valence-electron chi connectivity index (χ3n) is 4.52. The van der Waals surface area contributed by atoms with E-state index in [2.05, 4.69) is 41.3 Å². The lowest BCUT2D eigenvalue weighted by Crippen LogP contribution is -2.41. The first-order valence-corrected chi connectivity index (χ1v) is 10.2. The Bertz CT molecular complexity index is 505. The zero-order valence-electron chi connectivity index (χ0n) is 15.9. The average molecular weight is 479 g/mol. The van der Waals surface area contributed by atoms with Crippen LogP contribution in [0.25, 0.3) is 0 Å². The summed E-state index contributed by atoms with van der Waals surface area (Å²) in [7, 11) is 0. The third-order valence-corrected chi connectivity index (χ3v) is 5.72. The second-order valence-corrected chi connectivity index (χ2v) is 7.59. The van der Waals surface area contributed by atoms with Crippen LogP contribution < -0.4 is 10.6 Å². The molecular formula is C18H34IN5S. The van der Waals surface area contributed by atoms with Crippen LogP contribution in [-0.4, -0.2) is 54.6 Å². The van der Waals surface area contributed by atoms with Crippen molar-refractivity contribution in [1.29, 1.82) is 0 Å². The number of hydrogen-bond acceptors (Lipinski definition) is 4. The molecule has 2 N–H and O–H groups in total. The summed E-state index contributed by atoms with van der Waals surface area (Å²) in [6.07, 6.45) is 8.07. The number of aliphatic imine (C=N–C) groups is 1. The molecule has 0 aliphatic carbocycles. The number of guanidine groups is 1. The Morgan fingerprint density at radius 2 is 2.20 bits per heavy atom. The molecule has 1 unspecified atom stereocenters. The van der Waals surface area contributed by atoms with Gasteiger partial charge in [-0.25, -0.2) is 4.98 Å². The number of nitrogens with one attached hydrogen (secondary N) is 2. The van der Waals surface area contributed by atoms with Crippen molar-refractivity contribution in [2.24, 2.45) is 4.99 Å². The summed E-state index contributed by atoms with van der Waals surface area (Å²) in [5.41, 5.74) is 0. The number of hydrogen-bond donors (Lipinski definition) is 2. The number of thiazole rings is 1. The molecule has 2 rings (SSSR count). The molecular weight excluding hydrogens is 445 g/mol. The lowest BCUT2D eigenvalue weighted by molar-refractivity contribution is 0.166. The SMILES string of the molecule is CCNC(=NCCN1CCCCC1C)NCCc1ncc(CC)s1.I. The van der Waals surface area contributed by atoms with Crippen LogP contribution in [0.1, 0.15) is 49.9 Å². The monoisotopic (exact) mass is 479 g/mol. The van der Waals surface area contributed by atoms with Gasteiger partial charge < -0.3 is 10.6 Å². The molecule has 1 fully saturated rings. The van der Waals surface area contributed by atoms with E-state index in [0.29, 0.717) is 6.04 Å². The smallest absolute Gasteiger partial charge is 0.191 e. The normalized spacial score (nSPS) is 18.7. The van der Waals surface area contributed by atoms with Crippen molar-refractivity contribution in [2.75, 3.05) is 32.7 Å². The highest BCUT2D eigenvalue weighted by atomic mass is 127. The lowest BCUT2D eigenvalue weighted by atomic mass is 10.0. The summed E-state index contributed by atoms with van der Waals surface area (Å²) < 4.78 is 0. The minimum Gasteiger partial charge on any atom is -0.357 e. The van der Waals surface area contributed by atoms with Crippen molar-refractivity contribution >= 4 is 41.3 Å². The van der Waals surface area contributed by atoms with E-state index >= 15 is 0 Å². The van der Waals surface area contributed by atoms with Crippen molar-refractivity contribution in [1.82, 2.24) is 20.5 Å². The molecule has 1 aliphatic rings. The Balaban J connectivity index is 0.00000312. The number of halogens is 1. The Labute approximate surface area is 174 Å². The molecule has 5 nitrogen and oxygen atoms in total. The van der Waals surface area contributed by atoms with Crippen LogP contribution in [0.5, 0.6) is 0 Å². The summed E-state index contributed by atoms with van der Waals surface area (Å²) >= 11 is 1.82. The van der Waals surface area contributed by atoms with Gasteiger partial charge in [-0.05, 0) is 39.7 Å². The van der Waals surface area contributed by atoms with Gasteiger partial charge in [0.2, 0.25) is 0 Å². The van der Waals surface area contributed by atoms with Crippen LogP contribution in [0.2, 0.25) is 0 Å². The second-order valence-electron chi connectivity index (χ2n) is 6.39. The fourth-order valence-corrected chi connectivity index (χ4v) is 3.90. The minimum absolute atomic E-state index is 0. The van der Waals surface area contributed by atoms with Crippen molar-refractivity contribution < 1.29 is 0 Å². The Kier molecular flexibility index (Phi) is 11.6. The number of nitrogens with zero attached hydrogens (tertiary/aromatic N) is 3. The van der Waals surface area contributed by atoms with Crippen LogP contribution >= 0.6 is 35.3 Å². The lowest BCUT2D eigenvalue weighted by Gasteiger charge is -2.32. The van der Waals surface area contributed by atoms with Crippen LogP contribution in [0.3, 0.4) is 0 Å². The number of aromatic nitrogens is 1. The van der Waals surface area contributed by atoms with Gasteiger partial charge >= 0.3 is 0 Å². The van der Waals surface area contributed by atoms with Crippen molar-refractivity contribution in [3.8, 4) is 0 Å². The molecule has 144 valence electrons. The van der Waals surface area contributed by atoms with Gasteiger partial charge in [-0.1, -0.05) is 13.3 Å². The Morgan fingerprint density at radius 1 is 1.36 bits per heavy atom. The zero-order valence-corrected chi connectivity index (χ0v) is 19.0. The Morgan fingerprint density at radius 3 is 2.88 bits per heavy atom. The first-order valence-electron chi connectivity index (χ1n) is 9.42. The molecule has 1 aromatic heterocycles. The van der Waals surface area contributed by atoms with Crippen LogP contribution in [0, 0.1) is 0 Å². The van der Waals surface area contributed by atoms with Gasteiger partial charge in [-0.3, -0.25) is 9.89 Å². The molecule has 2 heterocycles. The molecule has 1 aliphatic heterocycles. The van der Waals surface area contributed by atoms with Crippen LogP contribution in [0.4, 0.5) is 0 Å². The van der Waals surface area contributed by atoms with Gasteiger partial charge in [0.25, 0.3) is 0 Å². The molecule has 7 heteroatoms. The van der Waals surface area contributed by atoms with E-state index < -0.39 is 0 Å². The highest BCUT2D eigenvalue weighted by molar-refractivity contribution is 14.0. The molecule has 0 spiro atoms. The second kappa shape index (κ2) is 12.9. The molecule has 1 saturated heterocycles. The summed E-state index contributed by atoms with van der Waals surface area (Å²) in [5.74, 6) is 0.925. The predicted molar refractivity (Wildman–Crippen MR) is 119 cm³/mol. The van der Waals surface area contributed by atoms with Gasteiger partial charge in [0, 0.05) is 43.2 Å². The van der Waals surface area contributed by atoms with Crippen LogP contribution in [-0.2, 0) is 12.8 Å². The predicted octanol–water partition coefficient (Wildman–Crippen LogP) is 3.30. The van der Waals surface area contributed by atoms with Gasteiger partial charge in [0.05, 0.1) is 11.6 Å². The summed E-state index contributed by atoms with van der Waals surface area (Å²) in [4.78, 5) is 13.1. The van der Waals surface area contributed by atoms with E-state index in [1.807, 2.05) is 17.5 Å². The first-order chi connectivity index (χ1) is 11.7. The number of piperidine rings is 1. The number of likely N-dealkylation sites (tertiary alicyclic amines) is 1. The average Bonchev–Trinajstić information content (AvgIpc) is 3.04. The van der Waals surface area contributed by atoms with Gasteiger partial charge in [-0.15, -0.1) is 35.3 Å². The summed E-state index contributed by atoms with van der Waals surface area (Å²) in [6.45, 7) is 11.5. The van der Waals surface area contributed by atoms with E-state index in [1.54, 1.807) is 0 Å². The van der Waals surface area contributed by atoms with Gasteiger partial charge in [0.15, 0.2) is 5.96 Å². The molecule has 0 saturated carbocycles. The van der Waals surface area contributed by atoms with E-state index in [0.717, 1.165) is 45.0 Å². The fourth-order valence-electron chi connectivity index (χ4n) is 3.04. The highest BCUT2D eigenvalue weighted by Gasteiger charge is 2.17. The standard InChI is InChI=1S/C18H33N5S.HI/c1-4-16-14-22-17(24-16)9-10-20-18(19-5-2)21-11-13-23-12-7-6-8-15(23)3;/h14-15H,4-13H2,1-3H3,(H2,19,20,21);1H. The third kappa shape index (κ3) is 8.21. The Hall–Kier alpha value is -0.410. The van der Waals surface area contributed by atoms with Crippen molar-refractivity contribution in [2.45, 2.75) is 58.9 Å². The molecule has 25 heavy (non-hydrogen) atoms. The van der Waals surface area contributed by atoms with Gasteiger partial charge in [-0.2, -0.15) is 0 Å². The van der Waals surface area contributed by atoms with Gasteiger partial charge in [0.1, 0.15) is 0 Å². The van der Waals surface area contributed by atoms with Crippen molar-refractivity contribution in [3.05, 3.63) is 16.1 Å². The molecule has 1 atom stereocenters. The largest absolute Gasteiger partial charge is 0.357 e. The maximum Gasteiger partial charge on any atom is 0.191 e. The van der Waals surface area contributed by atoms with E-state index in [-0.39, 0.29) is 24.0 Å². The van der Waals surface area contributed by atoms with E-state index in [4.69, 9.17) is 4.99 Å². The molecule has 1 aromatic rings. The number of aryl methyl sites for hydroxylation is 1. The highest BCUT2D eigenvalue weighted by Crippen LogP contribution is 2.15. The molecule has 0 amide bonds. The minimum atomic E-state index is 0. The topological polar surface area (TPSA) is 52.6 Å². The molecule has 0 aromatic carbocycles. The number of rotatable bonds is 8. The van der Waals surface area contributed by atoms with Crippen LogP contribution in [0.15, 0.2) is 11.2 Å². The zero-order chi connectivity index (χ0) is 17.2. The maximum absolute atomic E-state index is 4.73. The summed E-state index contributed by atoms with van der Waals surface area (Å²) in [6, 6.07) is 0.710. The maximum atomic E-state index is 4.73.